The van der Waals surface area contributed by atoms with E-state index in [-0.39, 0.29) is 6.04 Å². The molecule has 0 saturated carbocycles. The Morgan fingerprint density at radius 1 is 1.32 bits per heavy atom. The topological polar surface area (TPSA) is 47.3 Å². The lowest BCUT2D eigenvalue weighted by molar-refractivity contribution is 0.311. The van der Waals surface area contributed by atoms with Crippen molar-refractivity contribution in [2.24, 2.45) is 5.84 Å². The van der Waals surface area contributed by atoms with Gasteiger partial charge in [-0.25, -0.2) is 0 Å². The zero-order valence-electron chi connectivity index (χ0n) is 12.2. The first kappa shape index (κ1) is 16.3. The van der Waals surface area contributed by atoms with Crippen molar-refractivity contribution >= 4 is 11.8 Å². The molecule has 0 aliphatic rings. The highest BCUT2D eigenvalue weighted by atomic mass is 32.2. The predicted octanol–water partition coefficient (Wildman–Crippen LogP) is 3.51. The lowest BCUT2D eigenvalue weighted by atomic mass is 10.1. The number of hydrogen-bond acceptors (Lipinski definition) is 4. The van der Waals surface area contributed by atoms with Gasteiger partial charge >= 0.3 is 0 Å². The predicted molar refractivity (Wildman–Crippen MR) is 84.5 cm³/mol. The Bertz CT molecular complexity index is 360. The molecule has 0 bridgehead atoms. The lowest BCUT2D eigenvalue weighted by Crippen LogP contribution is -2.30. The molecule has 0 aliphatic carbocycles. The zero-order valence-corrected chi connectivity index (χ0v) is 13.0. The molecule has 1 rings (SSSR count). The van der Waals surface area contributed by atoms with Gasteiger partial charge in [0.1, 0.15) is 5.75 Å². The first-order valence-electron chi connectivity index (χ1n) is 7.02. The number of para-hydroxylation sites is 1. The van der Waals surface area contributed by atoms with Crippen LogP contribution in [0.1, 0.15) is 45.2 Å². The average molecular weight is 282 g/mol. The molecule has 19 heavy (non-hydrogen) atoms. The summed E-state index contributed by atoms with van der Waals surface area (Å²) in [6.45, 7) is 7.31. The molecular weight excluding hydrogens is 256 g/mol. The van der Waals surface area contributed by atoms with Crippen LogP contribution in [0.2, 0.25) is 0 Å². The Labute approximate surface area is 121 Å². The van der Waals surface area contributed by atoms with Crippen molar-refractivity contribution < 1.29 is 4.74 Å². The van der Waals surface area contributed by atoms with E-state index in [1.54, 1.807) is 0 Å². The monoisotopic (exact) mass is 282 g/mol. The Hall–Kier alpha value is -0.710. The van der Waals surface area contributed by atoms with E-state index >= 15 is 0 Å². The van der Waals surface area contributed by atoms with Crippen molar-refractivity contribution in [2.75, 3.05) is 12.4 Å². The SMILES string of the molecule is CCCOc1ccccc1C(CSC(C)CC)NN. The fraction of sp³-hybridized carbons (Fsp3) is 0.600. The number of benzene rings is 1. The van der Waals surface area contributed by atoms with E-state index in [2.05, 4.69) is 32.3 Å². The van der Waals surface area contributed by atoms with Gasteiger partial charge < -0.3 is 4.74 Å². The van der Waals surface area contributed by atoms with Crippen LogP contribution >= 0.6 is 11.8 Å². The van der Waals surface area contributed by atoms with E-state index < -0.39 is 0 Å². The lowest BCUT2D eigenvalue weighted by Gasteiger charge is -2.21. The first-order valence-corrected chi connectivity index (χ1v) is 8.07. The van der Waals surface area contributed by atoms with Gasteiger partial charge in [0.05, 0.1) is 12.6 Å². The van der Waals surface area contributed by atoms with Crippen molar-refractivity contribution in [3.05, 3.63) is 29.8 Å². The third-order valence-electron chi connectivity index (χ3n) is 3.08. The molecule has 108 valence electrons. The molecular formula is C15H26N2OS. The number of nitrogens with one attached hydrogen (secondary N) is 1. The summed E-state index contributed by atoms with van der Waals surface area (Å²) in [6.07, 6.45) is 2.19. The molecule has 2 unspecified atom stereocenters. The summed E-state index contributed by atoms with van der Waals surface area (Å²) < 4.78 is 5.80. The maximum Gasteiger partial charge on any atom is 0.124 e. The number of rotatable bonds is 9. The van der Waals surface area contributed by atoms with E-state index in [0.29, 0.717) is 5.25 Å². The van der Waals surface area contributed by atoms with Gasteiger partial charge in [0.15, 0.2) is 0 Å². The highest BCUT2D eigenvalue weighted by molar-refractivity contribution is 7.99. The summed E-state index contributed by atoms with van der Waals surface area (Å²) in [5, 5.41) is 0.652. The van der Waals surface area contributed by atoms with Crippen LogP contribution in [-0.4, -0.2) is 17.6 Å². The summed E-state index contributed by atoms with van der Waals surface area (Å²) in [5.41, 5.74) is 4.06. The van der Waals surface area contributed by atoms with Crippen LogP contribution < -0.4 is 16.0 Å². The summed E-state index contributed by atoms with van der Waals surface area (Å²) in [4.78, 5) is 0. The number of nitrogens with two attached hydrogens (primary N) is 1. The second-order valence-corrected chi connectivity index (χ2v) is 6.13. The molecule has 1 aromatic carbocycles. The largest absolute Gasteiger partial charge is 0.493 e. The summed E-state index contributed by atoms with van der Waals surface area (Å²) in [6, 6.07) is 8.28. The fourth-order valence-corrected chi connectivity index (χ4v) is 2.75. The zero-order chi connectivity index (χ0) is 14.1. The van der Waals surface area contributed by atoms with E-state index in [0.717, 1.165) is 30.1 Å². The highest BCUT2D eigenvalue weighted by Crippen LogP contribution is 2.29. The smallest absolute Gasteiger partial charge is 0.124 e. The minimum absolute atomic E-state index is 0.132. The van der Waals surface area contributed by atoms with Crippen molar-refractivity contribution in [1.29, 1.82) is 0 Å². The van der Waals surface area contributed by atoms with Gasteiger partial charge in [-0.05, 0) is 18.9 Å². The number of hydrazine groups is 1. The van der Waals surface area contributed by atoms with E-state index in [4.69, 9.17) is 10.6 Å². The van der Waals surface area contributed by atoms with Crippen LogP contribution in [0.5, 0.6) is 5.75 Å². The Morgan fingerprint density at radius 2 is 2.05 bits per heavy atom. The molecule has 3 nitrogen and oxygen atoms in total. The second-order valence-electron chi connectivity index (χ2n) is 4.66. The molecule has 0 amide bonds. The third-order valence-corrected chi connectivity index (χ3v) is 4.51. The van der Waals surface area contributed by atoms with E-state index in [1.165, 1.54) is 6.42 Å². The number of hydrogen-bond donors (Lipinski definition) is 2. The first-order chi connectivity index (χ1) is 9.22. The van der Waals surface area contributed by atoms with Gasteiger partial charge in [-0.2, -0.15) is 11.8 Å². The van der Waals surface area contributed by atoms with E-state index in [1.807, 2.05) is 30.0 Å². The van der Waals surface area contributed by atoms with Crippen LogP contribution in [0.4, 0.5) is 0 Å². The quantitative estimate of drug-likeness (QED) is 0.537. The standard InChI is InChI=1S/C15H26N2OS/c1-4-10-18-15-9-7-6-8-13(15)14(17-16)11-19-12(3)5-2/h6-9,12,14,17H,4-5,10-11,16H2,1-3H3. The summed E-state index contributed by atoms with van der Waals surface area (Å²) in [5.74, 6) is 7.61. The van der Waals surface area contributed by atoms with Crippen molar-refractivity contribution in [3.63, 3.8) is 0 Å². The molecule has 4 heteroatoms. The average Bonchev–Trinajstić information content (AvgIpc) is 2.46. The molecule has 2 atom stereocenters. The van der Waals surface area contributed by atoms with Crippen LogP contribution in [0.3, 0.4) is 0 Å². The molecule has 0 fully saturated rings. The van der Waals surface area contributed by atoms with Gasteiger partial charge in [0, 0.05) is 16.6 Å². The fourth-order valence-electron chi connectivity index (χ4n) is 1.72. The molecule has 0 radical (unpaired) electrons. The van der Waals surface area contributed by atoms with Crippen LogP contribution in [0.25, 0.3) is 0 Å². The van der Waals surface area contributed by atoms with Crippen molar-refractivity contribution in [2.45, 2.75) is 44.9 Å². The van der Waals surface area contributed by atoms with Crippen molar-refractivity contribution in [3.8, 4) is 5.75 Å². The van der Waals surface area contributed by atoms with Crippen LogP contribution in [0.15, 0.2) is 24.3 Å². The van der Waals surface area contributed by atoms with Gasteiger partial charge in [0.25, 0.3) is 0 Å². The van der Waals surface area contributed by atoms with Crippen LogP contribution in [0, 0.1) is 0 Å². The van der Waals surface area contributed by atoms with E-state index in [9.17, 15) is 0 Å². The maximum atomic E-state index is 5.80. The minimum Gasteiger partial charge on any atom is -0.493 e. The van der Waals surface area contributed by atoms with Crippen LogP contribution in [-0.2, 0) is 0 Å². The molecule has 3 N–H and O–H groups in total. The molecule has 0 spiro atoms. The molecule has 0 aliphatic heterocycles. The summed E-state index contributed by atoms with van der Waals surface area (Å²) >= 11 is 1.94. The summed E-state index contributed by atoms with van der Waals surface area (Å²) in [7, 11) is 0. The molecule has 0 aromatic heterocycles. The van der Waals surface area contributed by atoms with Gasteiger partial charge in [-0.3, -0.25) is 11.3 Å². The highest BCUT2D eigenvalue weighted by Gasteiger charge is 2.15. The van der Waals surface area contributed by atoms with Gasteiger partial charge in [0.2, 0.25) is 0 Å². The Kier molecular flexibility index (Phi) is 7.94. The molecule has 0 heterocycles. The molecule has 0 saturated heterocycles. The third kappa shape index (κ3) is 5.43. The minimum atomic E-state index is 0.132. The molecule has 1 aromatic rings. The number of thioether (sulfide) groups is 1. The van der Waals surface area contributed by atoms with Gasteiger partial charge in [-0.15, -0.1) is 0 Å². The maximum absolute atomic E-state index is 5.80. The Morgan fingerprint density at radius 3 is 2.68 bits per heavy atom. The van der Waals surface area contributed by atoms with Gasteiger partial charge in [-0.1, -0.05) is 39.0 Å². The normalized spacial score (nSPS) is 14.1. The second kappa shape index (κ2) is 9.23. The number of ether oxygens (including phenoxy) is 1. The van der Waals surface area contributed by atoms with Crippen molar-refractivity contribution in [1.82, 2.24) is 5.43 Å². The Balaban J connectivity index is 2.73.